The number of rotatable bonds is 4. The molecule has 0 aromatic carbocycles. The van der Waals surface area contributed by atoms with E-state index in [-0.39, 0.29) is 35.7 Å². The predicted molar refractivity (Wildman–Crippen MR) is 121 cm³/mol. The van der Waals surface area contributed by atoms with E-state index in [2.05, 4.69) is 15.2 Å². The Kier molecular flexibility index (Phi) is 7.16. The molecule has 2 aliphatic heterocycles. The summed E-state index contributed by atoms with van der Waals surface area (Å²) in [5.41, 5.74) is 2.06. The SMILES string of the molecule is Cc1ccsc1C(=O)N1CCC2(CC1)CC(C(=O)NCc1ccccn1)N(C)C2.Cl. The molecule has 2 aliphatic rings. The van der Waals surface area contributed by atoms with E-state index in [0.717, 1.165) is 55.0 Å². The van der Waals surface area contributed by atoms with Crippen molar-refractivity contribution in [2.24, 2.45) is 5.41 Å². The zero-order chi connectivity index (χ0) is 20.4. The highest BCUT2D eigenvalue weighted by Crippen LogP contribution is 2.43. The number of hydrogen-bond acceptors (Lipinski definition) is 5. The van der Waals surface area contributed by atoms with Gasteiger partial charge in [-0.1, -0.05) is 6.07 Å². The maximum Gasteiger partial charge on any atom is 0.264 e. The molecule has 162 valence electrons. The molecule has 2 amide bonds. The zero-order valence-electron chi connectivity index (χ0n) is 17.5. The van der Waals surface area contributed by atoms with Crippen molar-refractivity contribution in [2.75, 3.05) is 26.7 Å². The number of likely N-dealkylation sites (N-methyl/N-ethyl adjacent to an activating group) is 1. The number of nitrogens with zero attached hydrogens (tertiary/aromatic N) is 3. The second-order valence-electron chi connectivity index (χ2n) is 8.40. The highest BCUT2D eigenvalue weighted by molar-refractivity contribution is 7.12. The lowest BCUT2D eigenvalue weighted by atomic mass is 9.76. The summed E-state index contributed by atoms with van der Waals surface area (Å²) in [6.45, 7) is 4.90. The third-order valence-electron chi connectivity index (χ3n) is 6.38. The molecular weight excluding hydrogens is 420 g/mol. The van der Waals surface area contributed by atoms with Gasteiger partial charge in [0.05, 0.1) is 23.2 Å². The molecule has 0 aliphatic carbocycles. The predicted octanol–water partition coefficient (Wildman–Crippen LogP) is 3.12. The highest BCUT2D eigenvalue weighted by Gasteiger charge is 2.47. The molecule has 2 fully saturated rings. The Morgan fingerprint density at radius 1 is 1.27 bits per heavy atom. The van der Waals surface area contributed by atoms with Gasteiger partial charge in [0, 0.05) is 25.8 Å². The summed E-state index contributed by atoms with van der Waals surface area (Å²) in [6.07, 6.45) is 4.51. The van der Waals surface area contributed by atoms with E-state index in [1.807, 2.05) is 48.5 Å². The van der Waals surface area contributed by atoms with Gasteiger partial charge in [0.2, 0.25) is 5.91 Å². The number of hydrogen-bond donors (Lipinski definition) is 1. The van der Waals surface area contributed by atoms with Gasteiger partial charge in [-0.05, 0) is 67.8 Å². The Bertz CT molecular complexity index is 880. The molecular formula is C22H29ClN4O2S. The van der Waals surface area contributed by atoms with E-state index in [1.165, 1.54) is 11.3 Å². The van der Waals surface area contributed by atoms with Gasteiger partial charge in [0.25, 0.3) is 5.91 Å². The quantitative estimate of drug-likeness (QED) is 0.780. The normalized spacial score (nSPS) is 20.7. The first-order valence-electron chi connectivity index (χ1n) is 10.2. The molecule has 30 heavy (non-hydrogen) atoms. The number of amides is 2. The van der Waals surface area contributed by atoms with Crippen molar-refractivity contribution in [3.63, 3.8) is 0 Å². The summed E-state index contributed by atoms with van der Waals surface area (Å²) in [5, 5.41) is 5.02. The van der Waals surface area contributed by atoms with Crippen LogP contribution in [0.2, 0.25) is 0 Å². The Balaban J connectivity index is 0.00000256. The van der Waals surface area contributed by atoms with Crippen LogP contribution in [-0.2, 0) is 11.3 Å². The molecule has 2 aromatic heterocycles. The molecule has 0 saturated carbocycles. The van der Waals surface area contributed by atoms with Gasteiger partial charge in [-0.3, -0.25) is 19.5 Å². The van der Waals surface area contributed by atoms with Gasteiger partial charge < -0.3 is 10.2 Å². The number of pyridine rings is 1. The number of likely N-dealkylation sites (tertiary alicyclic amines) is 2. The lowest BCUT2D eigenvalue weighted by Crippen LogP contribution is -2.44. The lowest BCUT2D eigenvalue weighted by Gasteiger charge is -2.39. The summed E-state index contributed by atoms with van der Waals surface area (Å²) in [7, 11) is 2.03. The number of thiophene rings is 1. The third-order valence-corrected chi connectivity index (χ3v) is 7.39. The van der Waals surface area contributed by atoms with Crippen LogP contribution in [0.25, 0.3) is 0 Å². The van der Waals surface area contributed by atoms with Crippen LogP contribution in [-0.4, -0.2) is 59.3 Å². The first-order valence-corrected chi connectivity index (χ1v) is 11.1. The van der Waals surface area contributed by atoms with Gasteiger partial charge >= 0.3 is 0 Å². The van der Waals surface area contributed by atoms with Crippen molar-refractivity contribution in [1.29, 1.82) is 0 Å². The zero-order valence-corrected chi connectivity index (χ0v) is 19.1. The average molecular weight is 449 g/mol. The minimum absolute atomic E-state index is 0. The molecule has 4 heterocycles. The molecule has 6 nitrogen and oxygen atoms in total. The van der Waals surface area contributed by atoms with E-state index in [0.29, 0.717) is 6.54 Å². The van der Waals surface area contributed by atoms with E-state index < -0.39 is 0 Å². The molecule has 2 aromatic rings. The minimum atomic E-state index is -0.111. The standard InChI is InChI=1S/C22H28N4O2S.ClH/c1-16-6-12-29-19(16)21(28)26-10-7-22(8-11-26)13-18(25(2)15-22)20(27)24-14-17-5-3-4-9-23-17;/h3-6,9,12,18H,7-8,10-11,13-15H2,1-2H3,(H,24,27);1H. The molecule has 1 atom stereocenters. The van der Waals surface area contributed by atoms with Crippen LogP contribution in [0.3, 0.4) is 0 Å². The van der Waals surface area contributed by atoms with Crippen LogP contribution in [0, 0.1) is 12.3 Å². The van der Waals surface area contributed by atoms with Crippen LogP contribution in [0.4, 0.5) is 0 Å². The van der Waals surface area contributed by atoms with Crippen LogP contribution in [0.5, 0.6) is 0 Å². The maximum absolute atomic E-state index is 12.8. The van der Waals surface area contributed by atoms with Crippen molar-refractivity contribution in [2.45, 2.75) is 38.8 Å². The second-order valence-corrected chi connectivity index (χ2v) is 9.31. The van der Waals surface area contributed by atoms with E-state index in [1.54, 1.807) is 6.20 Å². The number of halogens is 1. The molecule has 0 bridgehead atoms. The van der Waals surface area contributed by atoms with Crippen molar-refractivity contribution >= 4 is 35.6 Å². The van der Waals surface area contributed by atoms with Crippen molar-refractivity contribution in [1.82, 2.24) is 20.1 Å². The van der Waals surface area contributed by atoms with E-state index in [4.69, 9.17) is 0 Å². The van der Waals surface area contributed by atoms with Gasteiger partial charge in [-0.2, -0.15) is 0 Å². The maximum atomic E-state index is 12.8. The van der Waals surface area contributed by atoms with E-state index in [9.17, 15) is 9.59 Å². The summed E-state index contributed by atoms with van der Waals surface area (Å²) in [5.74, 6) is 0.228. The average Bonchev–Trinajstić information content (AvgIpc) is 3.30. The Morgan fingerprint density at radius 2 is 2.03 bits per heavy atom. The van der Waals surface area contributed by atoms with E-state index >= 15 is 0 Å². The lowest BCUT2D eigenvalue weighted by molar-refractivity contribution is -0.125. The van der Waals surface area contributed by atoms with Crippen molar-refractivity contribution < 1.29 is 9.59 Å². The monoisotopic (exact) mass is 448 g/mol. The number of piperidine rings is 1. The summed E-state index contributed by atoms with van der Waals surface area (Å²) in [6, 6.07) is 7.61. The highest BCUT2D eigenvalue weighted by atomic mass is 35.5. The number of nitrogens with one attached hydrogen (secondary N) is 1. The van der Waals surface area contributed by atoms with Crippen LogP contribution in [0.1, 0.15) is 40.2 Å². The molecule has 1 unspecified atom stereocenters. The van der Waals surface area contributed by atoms with Crippen molar-refractivity contribution in [3.8, 4) is 0 Å². The largest absolute Gasteiger partial charge is 0.349 e. The summed E-state index contributed by atoms with van der Waals surface area (Å²) < 4.78 is 0. The molecule has 0 radical (unpaired) electrons. The fraction of sp³-hybridized carbons (Fsp3) is 0.500. The Labute approximate surface area is 188 Å². The van der Waals surface area contributed by atoms with Gasteiger partial charge in [0.15, 0.2) is 0 Å². The Hall–Kier alpha value is -1.96. The van der Waals surface area contributed by atoms with Gasteiger partial charge in [-0.25, -0.2) is 0 Å². The fourth-order valence-electron chi connectivity index (χ4n) is 4.64. The van der Waals surface area contributed by atoms with Gasteiger partial charge in [0.1, 0.15) is 0 Å². The summed E-state index contributed by atoms with van der Waals surface area (Å²) >= 11 is 1.53. The van der Waals surface area contributed by atoms with Gasteiger partial charge in [-0.15, -0.1) is 23.7 Å². The molecule has 8 heteroatoms. The number of carbonyl (C=O) groups is 2. The first-order chi connectivity index (χ1) is 14.0. The third kappa shape index (κ3) is 4.68. The first kappa shape index (κ1) is 22.7. The topological polar surface area (TPSA) is 65.5 Å². The minimum Gasteiger partial charge on any atom is -0.349 e. The molecule has 1 N–H and O–H groups in total. The van der Waals surface area contributed by atoms with Crippen molar-refractivity contribution in [3.05, 3.63) is 52.0 Å². The molecule has 4 rings (SSSR count). The molecule has 1 spiro atoms. The number of aromatic nitrogens is 1. The number of carbonyl (C=O) groups excluding carboxylic acids is 2. The van der Waals surface area contributed by atoms with Crippen LogP contribution >= 0.6 is 23.7 Å². The smallest absolute Gasteiger partial charge is 0.264 e. The van der Waals surface area contributed by atoms with Crippen LogP contribution < -0.4 is 5.32 Å². The fourth-order valence-corrected chi connectivity index (χ4v) is 5.53. The molecule has 2 saturated heterocycles. The van der Waals surface area contributed by atoms with Crippen LogP contribution in [0.15, 0.2) is 35.8 Å². The second kappa shape index (κ2) is 9.45. The summed E-state index contributed by atoms with van der Waals surface area (Å²) in [4.78, 5) is 34.9. The Morgan fingerprint density at radius 3 is 2.67 bits per heavy atom. The number of aryl methyl sites for hydroxylation is 1.